The number of nitrogens with one attached hydrogen (secondary N) is 1. The van der Waals surface area contributed by atoms with Crippen molar-refractivity contribution in [3.05, 3.63) is 96.3 Å². The number of aromatic carboxylic acids is 1. The molecule has 0 amide bonds. The molecule has 0 spiro atoms. The molecule has 2 aromatic heterocycles. The summed E-state index contributed by atoms with van der Waals surface area (Å²) in [6.45, 7) is 0.474. The summed E-state index contributed by atoms with van der Waals surface area (Å²) in [5, 5.41) is 17.0. The number of benzene rings is 3. The van der Waals surface area contributed by atoms with Crippen molar-refractivity contribution in [3.8, 4) is 5.75 Å². The van der Waals surface area contributed by atoms with E-state index in [2.05, 4.69) is 28.5 Å². The summed E-state index contributed by atoms with van der Waals surface area (Å²) in [7, 11) is 1.51. The second-order valence-corrected chi connectivity index (χ2v) is 7.87. The maximum absolute atomic E-state index is 11.4. The van der Waals surface area contributed by atoms with Crippen LogP contribution in [-0.4, -0.2) is 28.2 Å². The molecule has 7 heteroatoms. The number of methoxy groups -OCH3 is 1. The predicted molar refractivity (Wildman–Crippen MR) is 132 cm³/mol. The predicted octanol–water partition coefficient (Wildman–Crippen LogP) is 4.63. The molecule has 2 heterocycles. The van der Waals surface area contributed by atoms with Crippen molar-refractivity contribution in [2.75, 3.05) is 12.4 Å². The summed E-state index contributed by atoms with van der Waals surface area (Å²) in [5.74, 6) is -0.606. The number of carboxylic acid groups (broad SMARTS) is 1. The van der Waals surface area contributed by atoms with Crippen LogP contribution in [0.3, 0.4) is 0 Å². The van der Waals surface area contributed by atoms with Crippen molar-refractivity contribution < 1.29 is 20.0 Å². The maximum atomic E-state index is 11.4. The van der Waals surface area contributed by atoms with Crippen molar-refractivity contribution in [2.24, 2.45) is 0 Å². The van der Waals surface area contributed by atoms with Gasteiger partial charge in [0.25, 0.3) is 0 Å². The highest BCUT2D eigenvalue weighted by molar-refractivity contribution is 6.08. The zero-order valence-electron chi connectivity index (χ0n) is 18.5. The van der Waals surface area contributed by atoms with Gasteiger partial charge in [-0.05, 0) is 24.3 Å². The van der Waals surface area contributed by atoms with Crippen LogP contribution in [-0.2, 0) is 6.54 Å². The third kappa shape index (κ3) is 4.37. The summed E-state index contributed by atoms with van der Waals surface area (Å²) in [5.41, 5.74) is 5.42. The lowest BCUT2D eigenvalue weighted by molar-refractivity contribution is -0.589. The standard InChI is InChI=1S/C27H22N4O3/c1-34-20-14-19(29-25(15-20)27(32)33)16-28-17-7-6-8-18(13-17)30-26-21-9-2-4-11-23(21)31-24-12-5-3-10-22(24)26/h2-15,28H,16H2,1H3,(H,30,31)(H,32,33)/p+1. The Bertz CT molecular complexity index is 1460. The van der Waals surface area contributed by atoms with Crippen LogP contribution in [0.15, 0.2) is 84.9 Å². The van der Waals surface area contributed by atoms with Gasteiger partial charge in [-0.25, -0.2) is 14.8 Å². The molecular formula is C27H23N4O3+. The molecule has 0 saturated carbocycles. The van der Waals surface area contributed by atoms with Crippen molar-refractivity contribution >= 4 is 44.8 Å². The van der Waals surface area contributed by atoms with Gasteiger partial charge >= 0.3 is 5.97 Å². The van der Waals surface area contributed by atoms with Gasteiger partial charge in [-0.1, -0.05) is 42.5 Å². The fraction of sp³-hybridized carbons (Fsp3) is 0.0741. The van der Waals surface area contributed by atoms with E-state index in [1.165, 1.54) is 13.2 Å². The topological polar surface area (TPSA) is 101 Å². The molecule has 0 atom stereocenters. The Hall–Kier alpha value is -4.49. The third-order valence-electron chi connectivity index (χ3n) is 5.60. The number of pyridine rings is 2. The van der Waals surface area contributed by atoms with E-state index < -0.39 is 5.97 Å². The molecule has 0 bridgehead atoms. The van der Waals surface area contributed by atoms with E-state index in [1.807, 2.05) is 59.9 Å². The average molecular weight is 452 g/mol. The number of quaternary nitrogens is 1. The van der Waals surface area contributed by atoms with Gasteiger partial charge in [0.2, 0.25) is 0 Å². The third-order valence-corrected chi connectivity index (χ3v) is 5.60. The highest BCUT2D eigenvalue weighted by atomic mass is 16.5. The van der Waals surface area contributed by atoms with Crippen LogP contribution in [0.25, 0.3) is 21.8 Å². The summed E-state index contributed by atoms with van der Waals surface area (Å²) >= 11 is 0. The number of para-hydroxylation sites is 2. The van der Waals surface area contributed by atoms with Gasteiger partial charge in [0.15, 0.2) is 5.69 Å². The van der Waals surface area contributed by atoms with Gasteiger partial charge in [0.05, 0.1) is 29.5 Å². The number of hydrogen-bond donors (Lipinski definition) is 3. The van der Waals surface area contributed by atoms with Gasteiger partial charge in [0.1, 0.15) is 18.0 Å². The van der Waals surface area contributed by atoms with E-state index in [0.717, 1.165) is 38.9 Å². The number of fused-ring (bicyclic) bond motifs is 2. The summed E-state index contributed by atoms with van der Waals surface area (Å²) in [6, 6.07) is 27.4. The molecule has 0 aliphatic heterocycles. The molecular weight excluding hydrogens is 428 g/mol. The van der Waals surface area contributed by atoms with E-state index in [-0.39, 0.29) is 5.69 Å². The molecule has 0 aliphatic rings. The number of carboxylic acids is 1. The summed E-state index contributed by atoms with van der Waals surface area (Å²) < 4.78 is 5.22. The smallest absolute Gasteiger partial charge is 0.354 e. The number of hydrogen-bond acceptors (Lipinski definition) is 5. The first-order valence-electron chi connectivity index (χ1n) is 10.9. The second kappa shape index (κ2) is 9.17. The van der Waals surface area contributed by atoms with E-state index in [0.29, 0.717) is 18.0 Å². The van der Waals surface area contributed by atoms with E-state index in [9.17, 15) is 9.90 Å². The fourth-order valence-corrected chi connectivity index (χ4v) is 3.98. The number of carbonyl (C=O) groups is 1. The molecule has 7 nitrogen and oxygen atoms in total. The minimum Gasteiger partial charge on any atom is -0.497 e. The van der Waals surface area contributed by atoms with Gasteiger partial charge in [-0.3, -0.25) is 0 Å². The van der Waals surface area contributed by atoms with Crippen LogP contribution in [0, 0.1) is 0 Å². The molecule has 5 aromatic rings. The summed E-state index contributed by atoms with van der Waals surface area (Å²) in [4.78, 5) is 20.4. The van der Waals surface area contributed by atoms with Crippen LogP contribution in [0.1, 0.15) is 16.2 Å². The fourth-order valence-electron chi connectivity index (χ4n) is 3.98. The second-order valence-electron chi connectivity index (χ2n) is 7.87. The molecule has 4 N–H and O–H groups in total. The first-order valence-corrected chi connectivity index (χ1v) is 10.9. The average Bonchev–Trinajstić information content (AvgIpc) is 2.87. The van der Waals surface area contributed by atoms with Crippen LogP contribution < -0.4 is 15.4 Å². The lowest BCUT2D eigenvalue weighted by Crippen LogP contribution is -2.76. The van der Waals surface area contributed by atoms with Crippen LogP contribution in [0.4, 0.5) is 17.1 Å². The van der Waals surface area contributed by atoms with Gasteiger partial charge in [-0.15, -0.1) is 0 Å². The van der Waals surface area contributed by atoms with Crippen molar-refractivity contribution in [1.29, 1.82) is 0 Å². The SMILES string of the molecule is COc1cc(C[NH2+]c2cccc(Nc3c4ccccc4nc4ccccc34)c2)nc(C(=O)O)c1. The molecule has 0 fully saturated rings. The highest BCUT2D eigenvalue weighted by Crippen LogP contribution is 2.33. The van der Waals surface area contributed by atoms with Gasteiger partial charge < -0.3 is 20.5 Å². The zero-order chi connectivity index (χ0) is 23.5. The number of anilines is 2. The van der Waals surface area contributed by atoms with Gasteiger partial charge in [0, 0.05) is 34.7 Å². The molecule has 168 valence electrons. The Balaban J connectivity index is 1.43. The Morgan fingerprint density at radius 1 is 0.912 bits per heavy atom. The highest BCUT2D eigenvalue weighted by Gasteiger charge is 2.12. The maximum Gasteiger partial charge on any atom is 0.354 e. The first-order chi connectivity index (χ1) is 16.6. The molecule has 0 aliphatic carbocycles. The Morgan fingerprint density at radius 3 is 2.29 bits per heavy atom. The number of rotatable bonds is 7. The Kier molecular flexibility index (Phi) is 5.76. The minimum absolute atomic E-state index is 0.0328. The lowest BCUT2D eigenvalue weighted by atomic mass is 10.1. The number of ether oxygens (including phenoxy) is 1. The zero-order valence-corrected chi connectivity index (χ0v) is 18.5. The van der Waals surface area contributed by atoms with Crippen molar-refractivity contribution in [2.45, 2.75) is 6.54 Å². The number of nitrogens with zero attached hydrogens (tertiary/aromatic N) is 2. The van der Waals surface area contributed by atoms with Crippen LogP contribution in [0.5, 0.6) is 5.75 Å². The first kappa shape index (κ1) is 21.4. The van der Waals surface area contributed by atoms with E-state index in [1.54, 1.807) is 6.07 Å². The van der Waals surface area contributed by atoms with E-state index in [4.69, 9.17) is 9.72 Å². The molecule has 0 saturated heterocycles. The molecule has 0 radical (unpaired) electrons. The lowest BCUT2D eigenvalue weighted by Gasteiger charge is -2.13. The quantitative estimate of drug-likeness (QED) is 0.246. The van der Waals surface area contributed by atoms with Crippen LogP contribution in [0.2, 0.25) is 0 Å². The monoisotopic (exact) mass is 451 g/mol. The number of aromatic nitrogens is 2. The summed E-state index contributed by atoms with van der Waals surface area (Å²) in [6.07, 6.45) is 0. The molecule has 3 aromatic carbocycles. The van der Waals surface area contributed by atoms with E-state index >= 15 is 0 Å². The van der Waals surface area contributed by atoms with Crippen LogP contribution >= 0.6 is 0 Å². The van der Waals surface area contributed by atoms with Crippen molar-refractivity contribution in [3.63, 3.8) is 0 Å². The normalized spacial score (nSPS) is 11.0. The molecule has 34 heavy (non-hydrogen) atoms. The largest absolute Gasteiger partial charge is 0.497 e. The number of nitrogens with two attached hydrogens (primary N) is 1. The Morgan fingerprint density at radius 2 is 1.62 bits per heavy atom. The molecule has 0 unspecified atom stereocenters. The Labute approximate surface area is 196 Å². The molecule has 5 rings (SSSR count). The van der Waals surface area contributed by atoms with Crippen molar-refractivity contribution in [1.82, 2.24) is 9.97 Å². The minimum atomic E-state index is -1.08. The van der Waals surface area contributed by atoms with Gasteiger partial charge in [-0.2, -0.15) is 0 Å².